The molecular weight excluding hydrogens is 539 g/mol. The van der Waals surface area contributed by atoms with E-state index in [0.29, 0.717) is 51.4 Å². The van der Waals surface area contributed by atoms with Crippen LogP contribution >= 0.6 is 23.2 Å². The number of anilines is 2. The van der Waals surface area contributed by atoms with E-state index < -0.39 is 0 Å². The number of methoxy groups -OCH3 is 2. The third-order valence-electron chi connectivity index (χ3n) is 7.01. The summed E-state index contributed by atoms with van der Waals surface area (Å²) in [7, 11) is 3.07. The molecule has 1 fully saturated rings. The van der Waals surface area contributed by atoms with Crippen molar-refractivity contribution in [2.24, 2.45) is 0 Å². The minimum Gasteiger partial charge on any atom is -0.495 e. The van der Waals surface area contributed by atoms with Gasteiger partial charge in [0.1, 0.15) is 11.5 Å². The van der Waals surface area contributed by atoms with Gasteiger partial charge in [0.25, 0.3) is 5.91 Å². The number of fused-ring (bicyclic) bond motifs is 1. The quantitative estimate of drug-likeness (QED) is 0.295. The van der Waals surface area contributed by atoms with Gasteiger partial charge in [0.2, 0.25) is 5.91 Å². The highest BCUT2D eigenvalue weighted by atomic mass is 35.5. The van der Waals surface area contributed by atoms with Crippen molar-refractivity contribution in [1.29, 1.82) is 0 Å². The molecule has 8 nitrogen and oxygen atoms in total. The average molecular weight is 567 g/mol. The summed E-state index contributed by atoms with van der Waals surface area (Å²) >= 11 is 13.2. The Morgan fingerprint density at radius 2 is 1.54 bits per heavy atom. The van der Waals surface area contributed by atoms with Crippen molar-refractivity contribution in [3.8, 4) is 22.6 Å². The van der Waals surface area contributed by atoms with E-state index in [1.165, 1.54) is 14.2 Å². The van der Waals surface area contributed by atoms with Crippen LogP contribution in [0.3, 0.4) is 0 Å². The van der Waals surface area contributed by atoms with Crippen LogP contribution in [-0.4, -0.2) is 62.1 Å². The number of carbonyl (C=O) groups is 2. The van der Waals surface area contributed by atoms with Crippen LogP contribution in [0.1, 0.15) is 17.3 Å². The van der Waals surface area contributed by atoms with Crippen LogP contribution in [0.2, 0.25) is 10.0 Å². The second-order valence-corrected chi connectivity index (χ2v) is 10.00. The fraction of sp³-hybridized carbons (Fsp3) is 0.241. The van der Waals surface area contributed by atoms with E-state index in [-0.39, 0.29) is 11.8 Å². The molecule has 0 radical (unpaired) electrons. The molecule has 5 rings (SSSR count). The first-order valence-corrected chi connectivity index (χ1v) is 13.2. The lowest BCUT2D eigenvalue weighted by molar-refractivity contribution is -0.129. The normalized spacial score (nSPS) is 13.5. The number of aromatic amines is 1. The standard InChI is InChI=1S/C29H28Cl2N4O4/c1-17(36)34-10-12-35(13-11-34)20-7-4-18(5-8-20)29(37)33-23-16-32-22-14-19(6-9-21(22)23)26-27(30)24(38-2)15-25(39-3)28(26)31/h4-9,14-16,32H,10-13H2,1-3H3,(H,33,37). The second-order valence-electron chi connectivity index (χ2n) is 9.24. The predicted molar refractivity (Wildman–Crippen MR) is 156 cm³/mol. The third-order valence-corrected chi connectivity index (χ3v) is 7.76. The van der Waals surface area contributed by atoms with Crippen molar-refractivity contribution in [1.82, 2.24) is 9.88 Å². The van der Waals surface area contributed by atoms with Crippen molar-refractivity contribution in [2.45, 2.75) is 6.92 Å². The van der Waals surface area contributed by atoms with Gasteiger partial charge in [-0.2, -0.15) is 0 Å². The molecule has 0 bridgehead atoms. The van der Waals surface area contributed by atoms with Crippen LogP contribution < -0.4 is 19.7 Å². The maximum absolute atomic E-state index is 13.0. The molecule has 1 aliphatic heterocycles. The number of rotatable bonds is 6. The first-order valence-electron chi connectivity index (χ1n) is 12.4. The van der Waals surface area contributed by atoms with Crippen molar-refractivity contribution in [3.05, 3.63) is 70.3 Å². The molecular formula is C29H28Cl2N4O4. The third kappa shape index (κ3) is 5.22. The highest BCUT2D eigenvalue weighted by molar-refractivity contribution is 6.41. The number of nitrogens with zero attached hydrogens (tertiary/aromatic N) is 2. The molecule has 0 spiro atoms. The fourth-order valence-electron chi connectivity index (χ4n) is 4.82. The van der Waals surface area contributed by atoms with Crippen LogP contribution in [0.25, 0.3) is 22.0 Å². The molecule has 2 N–H and O–H groups in total. The maximum atomic E-state index is 13.0. The zero-order valence-corrected chi connectivity index (χ0v) is 23.3. The van der Waals surface area contributed by atoms with Gasteiger partial charge in [0, 0.05) is 73.1 Å². The van der Waals surface area contributed by atoms with E-state index in [2.05, 4.69) is 15.2 Å². The van der Waals surface area contributed by atoms with Gasteiger partial charge >= 0.3 is 0 Å². The lowest BCUT2D eigenvalue weighted by atomic mass is 10.0. The van der Waals surface area contributed by atoms with Crippen molar-refractivity contribution >= 4 is 57.3 Å². The molecule has 3 aromatic carbocycles. The predicted octanol–water partition coefficient (Wildman–Crippen LogP) is 6.08. The Morgan fingerprint density at radius 1 is 0.897 bits per heavy atom. The fourth-order valence-corrected chi connectivity index (χ4v) is 5.54. The first kappa shape index (κ1) is 26.7. The summed E-state index contributed by atoms with van der Waals surface area (Å²) in [4.78, 5) is 31.9. The number of amides is 2. The first-order chi connectivity index (χ1) is 18.8. The number of hydrogen-bond acceptors (Lipinski definition) is 5. The zero-order chi connectivity index (χ0) is 27.7. The smallest absolute Gasteiger partial charge is 0.255 e. The summed E-state index contributed by atoms with van der Waals surface area (Å²) < 4.78 is 10.8. The van der Waals surface area contributed by atoms with E-state index >= 15 is 0 Å². The molecule has 2 heterocycles. The Bertz CT molecular complexity index is 1520. The molecule has 2 amide bonds. The van der Waals surface area contributed by atoms with Gasteiger partial charge in [-0.25, -0.2) is 0 Å². The van der Waals surface area contributed by atoms with Crippen LogP contribution in [0.5, 0.6) is 11.5 Å². The summed E-state index contributed by atoms with van der Waals surface area (Å²) in [5, 5.41) is 4.60. The van der Waals surface area contributed by atoms with Gasteiger partial charge in [-0.15, -0.1) is 0 Å². The molecule has 1 aliphatic rings. The van der Waals surface area contributed by atoms with E-state index in [0.717, 1.165) is 35.2 Å². The topological polar surface area (TPSA) is 86.9 Å². The molecule has 0 atom stereocenters. The molecule has 0 saturated carbocycles. The Labute approximate surface area is 236 Å². The van der Waals surface area contributed by atoms with Crippen LogP contribution in [0.4, 0.5) is 11.4 Å². The van der Waals surface area contributed by atoms with Gasteiger partial charge in [-0.3, -0.25) is 9.59 Å². The molecule has 1 aromatic heterocycles. The highest BCUT2D eigenvalue weighted by Crippen LogP contribution is 2.46. The number of aromatic nitrogens is 1. The Kier molecular flexibility index (Phi) is 7.59. The second kappa shape index (κ2) is 11.1. The Morgan fingerprint density at radius 3 is 2.13 bits per heavy atom. The van der Waals surface area contributed by atoms with E-state index in [1.807, 2.05) is 47.4 Å². The monoisotopic (exact) mass is 566 g/mol. The molecule has 0 unspecified atom stereocenters. The molecule has 4 aromatic rings. The summed E-state index contributed by atoms with van der Waals surface area (Å²) in [6, 6.07) is 14.9. The van der Waals surface area contributed by atoms with Crippen molar-refractivity contribution in [3.63, 3.8) is 0 Å². The number of ether oxygens (including phenoxy) is 2. The zero-order valence-electron chi connectivity index (χ0n) is 21.8. The lowest BCUT2D eigenvalue weighted by Gasteiger charge is -2.35. The SMILES string of the molecule is COc1cc(OC)c(Cl)c(-c2ccc3c(NC(=O)c4ccc(N5CCN(C(C)=O)CC5)cc4)c[nH]c3c2)c1Cl. The maximum Gasteiger partial charge on any atom is 0.255 e. The molecule has 202 valence electrons. The average Bonchev–Trinajstić information content (AvgIpc) is 3.35. The summed E-state index contributed by atoms with van der Waals surface area (Å²) in [6.45, 7) is 4.52. The molecule has 10 heteroatoms. The van der Waals surface area contributed by atoms with Crippen molar-refractivity contribution < 1.29 is 19.1 Å². The summed E-state index contributed by atoms with van der Waals surface area (Å²) in [5.41, 5.74) is 4.41. The number of piperazine rings is 1. The van der Waals surface area contributed by atoms with E-state index in [9.17, 15) is 9.59 Å². The number of carbonyl (C=O) groups excluding carboxylic acids is 2. The molecule has 0 aliphatic carbocycles. The van der Waals surface area contributed by atoms with Crippen LogP contribution in [-0.2, 0) is 4.79 Å². The van der Waals surface area contributed by atoms with E-state index in [1.54, 1.807) is 19.2 Å². The largest absolute Gasteiger partial charge is 0.495 e. The van der Waals surface area contributed by atoms with E-state index in [4.69, 9.17) is 32.7 Å². The summed E-state index contributed by atoms with van der Waals surface area (Å²) in [5.74, 6) is 0.799. The highest BCUT2D eigenvalue weighted by Gasteiger charge is 2.21. The van der Waals surface area contributed by atoms with Crippen LogP contribution in [0, 0.1) is 0 Å². The molecule has 1 saturated heterocycles. The number of halogens is 2. The Hall–Kier alpha value is -3.88. The molecule has 39 heavy (non-hydrogen) atoms. The van der Waals surface area contributed by atoms with Gasteiger partial charge in [-0.05, 0) is 35.9 Å². The minimum atomic E-state index is -0.212. The number of H-pyrrole nitrogens is 1. The summed E-state index contributed by atoms with van der Waals surface area (Å²) in [6.07, 6.45) is 1.75. The number of benzene rings is 3. The number of nitrogens with one attached hydrogen (secondary N) is 2. The minimum absolute atomic E-state index is 0.100. The van der Waals surface area contributed by atoms with Crippen molar-refractivity contribution in [2.75, 3.05) is 50.6 Å². The van der Waals surface area contributed by atoms with Gasteiger partial charge in [0.15, 0.2) is 0 Å². The van der Waals surface area contributed by atoms with Gasteiger partial charge < -0.3 is 29.6 Å². The number of hydrogen-bond donors (Lipinski definition) is 2. The van der Waals surface area contributed by atoms with Gasteiger partial charge in [0.05, 0.1) is 30.0 Å². The van der Waals surface area contributed by atoms with Gasteiger partial charge in [-0.1, -0.05) is 35.3 Å². The Balaban J connectivity index is 1.33. The lowest BCUT2D eigenvalue weighted by Crippen LogP contribution is -2.48. The van der Waals surface area contributed by atoms with Crippen LogP contribution in [0.15, 0.2) is 54.7 Å².